The highest BCUT2D eigenvalue weighted by molar-refractivity contribution is 5.79. The van der Waals surface area contributed by atoms with Crippen molar-refractivity contribution in [2.75, 3.05) is 14.2 Å². The molecule has 0 spiro atoms. The van der Waals surface area contributed by atoms with Crippen LogP contribution in [0.1, 0.15) is 35.6 Å². The molecule has 3 heteroatoms. The average molecular weight is 309 g/mol. The molecule has 120 valence electrons. The molecule has 23 heavy (non-hydrogen) atoms. The summed E-state index contributed by atoms with van der Waals surface area (Å²) in [6.45, 7) is 0. The topological polar surface area (TPSA) is 29.5 Å². The van der Waals surface area contributed by atoms with E-state index in [0.717, 1.165) is 30.6 Å². The van der Waals surface area contributed by atoms with Crippen LogP contribution in [-0.2, 0) is 17.6 Å². The molecule has 3 rings (SSSR count). The van der Waals surface area contributed by atoms with Gasteiger partial charge in [-0.3, -0.25) is 4.79 Å². The summed E-state index contributed by atoms with van der Waals surface area (Å²) in [5, 5.41) is 0. The lowest BCUT2D eigenvalue weighted by Crippen LogP contribution is -2.34. The summed E-state index contributed by atoms with van der Waals surface area (Å²) in [4.78, 5) is 14.6. The third-order valence-electron chi connectivity index (χ3n) is 4.71. The molecular weight excluding hydrogens is 286 g/mol. The molecule has 1 aliphatic rings. The van der Waals surface area contributed by atoms with E-state index in [0.29, 0.717) is 6.42 Å². The zero-order chi connectivity index (χ0) is 16.2. The van der Waals surface area contributed by atoms with Crippen molar-refractivity contribution in [3.63, 3.8) is 0 Å². The van der Waals surface area contributed by atoms with Gasteiger partial charge < -0.3 is 9.64 Å². The minimum Gasteiger partial charge on any atom is -0.497 e. The number of hydrogen-bond acceptors (Lipinski definition) is 2. The van der Waals surface area contributed by atoms with Gasteiger partial charge in [0, 0.05) is 7.05 Å². The van der Waals surface area contributed by atoms with E-state index < -0.39 is 0 Å². The van der Waals surface area contributed by atoms with E-state index in [2.05, 4.69) is 24.3 Å². The fraction of sp³-hybridized carbons (Fsp3) is 0.350. The summed E-state index contributed by atoms with van der Waals surface area (Å²) in [5.41, 5.74) is 3.71. The molecule has 1 aliphatic carbocycles. The number of fused-ring (bicyclic) bond motifs is 1. The van der Waals surface area contributed by atoms with Crippen molar-refractivity contribution in [1.29, 1.82) is 0 Å². The lowest BCUT2D eigenvalue weighted by Gasteiger charge is -2.33. The Labute approximate surface area is 137 Å². The Morgan fingerprint density at radius 2 is 1.91 bits per heavy atom. The van der Waals surface area contributed by atoms with Gasteiger partial charge in [0.05, 0.1) is 19.6 Å². The molecule has 0 saturated heterocycles. The number of methoxy groups -OCH3 is 1. The number of hydrogen-bond donors (Lipinski definition) is 0. The predicted octanol–water partition coefficient (Wildman–Crippen LogP) is 3.77. The Bertz CT molecular complexity index is 678. The molecule has 0 aromatic heterocycles. The molecule has 2 aromatic rings. The van der Waals surface area contributed by atoms with Crippen LogP contribution in [-0.4, -0.2) is 25.0 Å². The monoisotopic (exact) mass is 309 g/mol. The molecule has 0 fully saturated rings. The van der Waals surface area contributed by atoms with Gasteiger partial charge in [-0.25, -0.2) is 0 Å². The summed E-state index contributed by atoms with van der Waals surface area (Å²) in [7, 11) is 3.58. The molecule has 1 atom stereocenters. The highest BCUT2D eigenvalue weighted by Crippen LogP contribution is 2.33. The van der Waals surface area contributed by atoms with Gasteiger partial charge in [0.25, 0.3) is 0 Å². The van der Waals surface area contributed by atoms with Gasteiger partial charge >= 0.3 is 0 Å². The number of benzene rings is 2. The molecule has 0 heterocycles. The maximum atomic E-state index is 12.7. The van der Waals surface area contributed by atoms with E-state index in [1.54, 1.807) is 7.11 Å². The lowest BCUT2D eigenvalue weighted by atomic mass is 9.87. The zero-order valence-corrected chi connectivity index (χ0v) is 13.8. The van der Waals surface area contributed by atoms with Crippen LogP contribution >= 0.6 is 0 Å². The third-order valence-corrected chi connectivity index (χ3v) is 4.71. The van der Waals surface area contributed by atoms with Crippen LogP contribution in [0.3, 0.4) is 0 Å². The van der Waals surface area contributed by atoms with E-state index in [4.69, 9.17) is 4.74 Å². The smallest absolute Gasteiger partial charge is 0.227 e. The fourth-order valence-electron chi connectivity index (χ4n) is 3.35. The van der Waals surface area contributed by atoms with Crippen LogP contribution in [0, 0.1) is 0 Å². The van der Waals surface area contributed by atoms with E-state index >= 15 is 0 Å². The highest BCUT2D eigenvalue weighted by atomic mass is 16.5. The normalized spacial score (nSPS) is 16.5. The summed E-state index contributed by atoms with van der Waals surface area (Å²) in [5.74, 6) is 0.979. The van der Waals surface area contributed by atoms with Gasteiger partial charge in [0.2, 0.25) is 5.91 Å². The van der Waals surface area contributed by atoms with Crippen molar-refractivity contribution in [2.24, 2.45) is 0 Å². The van der Waals surface area contributed by atoms with Crippen LogP contribution in [0.5, 0.6) is 5.75 Å². The fourth-order valence-corrected chi connectivity index (χ4v) is 3.35. The second-order valence-electron chi connectivity index (χ2n) is 6.14. The van der Waals surface area contributed by atoms with Gasteiger partial charge in [-0.1, -0.05) is 36.4 Å². The lowest BCUT2D eigenvalue weighted by molar-refractivity contribution is -0.131. The van der Waals surface area contributed by atoms with E-state index in [1.807, 2.05) is 36.2 Å². The van der Waals surface area contributed by atoms with Gasteiger partial charge in [-0.15, -0.1) is 0 Å². The summed E-state index contributed by atoms with van der Waals surface area (Å²) >= 11 is 0. The van der Waals surface area contributed by atoms with Crippen molar-refractivity contribution in [3.8, 4) is 5.75 Å². The number of nitrogens with zero attached hydrogens (tertiary/aromatic N) is 1. The first-order chi connectivity index (χ1) is 11.2. The number of amides is 1. The van der Waals surface area contributed by atoms with E-state index in [1.165, 1.54) is 11.1 Å². The highest BCUT2D eigenvalue weighted by Gasteiger charge is 2.26. The minimum absolute atomic E-state index is 0.164. The second-order valence-corrected chi connectivity index (χ2v) is 6.14. The molecule has 0 bridgehead atoms. The number of likely N-dealkylation sites (N-methyl/N-ethyl adjacent to an activating group) is 1. The first-order valence-electron chi connectivity index (χ1n) is 8.15. The van der Waals surface area contributed by atoms with Crippen LogP contribution < -0.4 is 4.74 Å². The van der Waals surface area contributed by atoms with Crippen LogP contribution in [0.15, 0.2) is 48.5 Å². The molecular formula is C20H23NO2. The molecule has 1 unspecified atom stereocenters. The van der Waals surface area contributed by atoms with E-state index in [9.17, 15) is 4.79 Å². The van der Waals surface area contributed by atoms with Crippen molar-refractivity contribution < 1.29 is 9.53 Å². The number of rotatable bonds is 4. The maximum Gasteiger partial charge on any atom is 0.227 e. The quantitative estimate of drug-likeness (QED) is 0.860. The molecule has 2 aromatic carbocycles. The first kappa shape index (κ1) is 15.6. The SMILES string of the molecule is COc1ccc(CC(=O)N(C)C2CCCc3ccccc32)cc1. The number of carbonyl (C=O) groups excluding carboxylic acids is 1. The van der Waals surface area contributed by atoms with Crippen molar-refractivity contribution >= 4 is 5.91 Å². The van der Waals surface area contributed by atoms with Gasteiger partial charge in [0.1, 0.15) is 5.75 Å². The number of ether oxygens (including phenoxy) is 1. The predicted molar refractivity (Wildman–Crippen MR) is 91.6 cm³/mol. The molecule has 0 N–H and O–H groups in total. The summed E-state index contributed by atoms with van der Waals surface area (Å²) in [6, 6.07) is 16.4. The van der Waals surface area contributed by atoms with Gasteiger partial charge in [0.15, 0.2) is 0 Å². The second kappa shape index (κ2) is 6.86. The molecule has 0 aliphatic heterocycles. The molecule has 0 radical (unpaired) electrons. The van der Waals surface area contributed by atoms with Crippen LogP contribution in [0.25, 0.3) is 0 Å². The zero-order valence-electron chi connectivity index (χ0n) is 13.8. The van der Waals surface area contributed by atoms with Crippen LogP contribution in [0.2, 0.25) is 0 Å². The van der Waals surface area contributed by atoms with Crippen LogP contribution in [0.4, 0.5) is 0 Å². The Morgan fingerprint density at radius 3 is 2.65 bits per heavy atom. The van der Waals surface area contributed by atoms with Crippen molar-refractivity contribution in [3.05, 3.63) is 65.2 Å². The van der Waals surface area contributed by atoms with Gasteiger partial charge in [-0.05, 0) is 48.1 Å². The standard InChI is InChI=1S/C20H23NO2/c1-21(19-9-5-7-16-6-3-4-8-18(16)19)20(22)14-15-10-12-17(23-2)13-11-15/h3-4,6,8,10-13,19H,5,7,9,14H2,1-2H3. The average Bonchev–Trinajstić information content (AvgIpc) is 2.61. The summed E-state index contributed by atoms with van der Waals surface area (Å²) < 4.78 is 5.16. The summed E-state index contributed by atoms with van der Waals surface area (Å²) in [6.07, 6.45) is 3.73. The minimum atomic E-state index is 0.164. The number of aryl methyl sites for hydroxylation is 1. The van der Waals surface area contributed by atoms with Crippen molar-refractivity contribution in [1.82, 2.24) is 4.90 Å². The van der Waals surface area contributed by atoms with Gasteiger partial charge in [-0.2, -0.15) is 0 Å². The number of carbonyl (C=O) groups is 1. The Morgan fingerprint density at radius 1 is 1.17 bits per heavy atom. The third kappa shape index (κ3) is 3.39. The Kier molecular flexibility index (Phi) is 4.65. The Balaban J connectivity index is 1.72. The largest absolute Gasteiger partial charge is 0.497 e. The molecule has 1 amide bonds. The molecule has 3 nitrogen and oxygen atoms in total. The maximum absolute atomic E-state index is 12.7. The molecule has 0 saturated carbocycles. The van der Waals surface area contributed by atoms with E-state index in [-0.39, 0.29) is 11.9 Å². The van der Waals surface area contributed by atoms with Crippen molar-refractivity contribution in [2.45, 2.75) is 31.7 Å². The first-order valence-corrected chi connectivity index (χ1v) is 8.15. The Hall–Kier alpha value is -2.29.